The van der Waals surface area contributed by atoms with Crippen LogP contribution in [0.15, 0.2) is 18.3 Å². The molecule has 0 atom stereocenters. The highest BCUT2D eigenvalue weighted by atomic mass is 35.5. The van der Waals surface area contributed by atoms with E-state index in [4.69, 9.17) is 16.3 Å². The van der Waals surface area contributed by atoms with E-state index < -0.39 is 0 Å². The maximum absolute atomic E-state index is 5.84. The van der Waals surface area contributed by atoms with Gasteiger partial charge < -0.3 is 9.64 Å². The fourth-order valence-corrected chi connectivity index (χ4v) is 1.54. The third kappa shape index (κ3) is 3.68. The Labute approximate surface area is 96.0 Å². The van der Waals surface area contributed by atoms with Crippen LogP contribution in [0.1, 0.15) is 12.5 Å². The number of rotatable bonds is 6. The van der Waals surface area contributed by atoms with Crippen molar-refractivity contribution in [1.29, 1.82) is 0 Å². The highest BCUT2D eigenvalue weighted by molar-refractivity contribution is 6.17. The lowest BCUT2D eigenvalue weighted by Gasteiger charge is -2.20. The van der Waals surface area contributed by atoms with Gasteiger partial charge in [-0.25, -0.2) is 4.98 Å². The average molecular weight is 229 g/mol. The summed E-state index contributed by atoms with van der Waals surface area (Å²) in [6, 6.07) is 3.89. The molecular formula is C11H17ClN2O. The molecule has 4 heteroatoms. The van der Waals surface area contributed by atoms with Crippen LogP contribution in [0.2, 0.25) is 0 Å². The van der Waals surface area contributed by atoms with E-state index in [0.29, 0.717) is 12.5 Å². The molecule has 84 valence electrons. The number of hydrogen-bond donors (Lipinski definition) is 0. The first kappa shape index (κ1) is 12.3. The van der Waals surface area contributed by atoms with E-state index in [-0.39, 0.29) is 0 Å². The lowest BCUT2D eigenvalue weighted by Crippen LogP contribution is -2.24. The van der Waals surface area contributed by atoms with Crippen molar-refractivity contribution >= 4 is 17.4 Å². The molecule has 0 spiro atoms. The number of likely N-dealkylation sites (N-methyl/N-ethyl adjacent to an activating group) is 1. The summed E-state index contributed by atoms with van der Waals surface area (Å²) >= 11 is 5.84. The first-order chi connectivity index (χ1) is 7.29. The van der Waals surface area contributed by atoms with Gasteiger partial charge in [-0.3, -0.25) is 0 Å². The topological polar surface area (TPSA) is 25.4 Å². The molecule has 1 rings (SSSR count). The molecule has 0 N–H and O–H groups in total. The molecule has 0 aromatic carbocycles. The van der Waals surface area contributed by atoms with E-state index in [1.165, 1.54) is 0 Å². The van der Waals surface area contributed by atoms with E-state index in [2.05, 4.69) is 9.88 Å². The van der Waals surface area contributed by atoms with Crippen LogP contribution in [0.25, 0.3) is 0 Å². The van der Waals surface area contributed by atoms with Crippen LogP contribution >= 0.6 is 11.6 Å². The molecule has 1 aromatic heterocycles. The lowest BCUT2D eigenvalue weighted by molar-refractivity contribution is 0.154. The van der Waals surface area contributed by atoms with Gasteiger partial charge in [0.2, 0.25) is 0 Å². The Morgan fingerprint density at radius 3 is 3.00 bits per heavy atom. The van der Waals surface area contributed by atoms with Gasteiger partial charge in [0.25, 0.3) is 0 Å². The number of hydrogen-bond acceptors (Lipinski definition) is 3. The average Bonchev–Trinajstić information content (AvgIpc) is 2.29. The van der Waals surface area contributed by atoms with Crippen molar-refractivity contribution in [1.82, 2.24) is 4.98 Å². The number of ether oxygens (including phenoxy) is 1. The zero-order valence-corrected chi connectivity index (χ0v) is 10.00. The predicted molar refractivity (Wildman–Crippen MR) is 63.6 cm³/mol. The molecule has 0 radical (unpaired) electrons. The van der Waals surface area contributed by atoms with Crippen molar-refractivity contribution in [3.05, 3.63) is 23.9 Å². The van der Waals surface area contributed by atoms with Crippen molar-refractivity contribution in [3.63, 3.8) is 0 Å². The molecule has 0 aliphatic heterocycles. The Kier molecular flexibility index (Phi) is 5.43. The van der Waals surface area contributed by atoms with Gasteiger partial charge in [0.1, 0.15) is 5.82 Å². The Bertz CT molecular complexity index is 294. The van der Waals surface area contributed by atoms with Gasteiger partial charge in [0.15, 0.2) is 0 Å². The van der Waals surface area contributed by atoms with Gasteiger partial charge in [0, 0.05) is 32.0 Å². The second-order valence-corrected chi connectivity index (χ2v) is 3.51. The van der Waals surface area contributed by atoms with E-state index in [0.717, 1.165) is 24.5 Å². The highest BCUT2D eigenvalue weighted by Crippen LogP contribution is 2.17. The van der Waals surface area contributed by atoms with Crippen LogP contribution in [0.3, 0.4) is 0 Å². The number of halogens is 1. The second kappa shape index (κ2) is 6.64. The molecular weight excluding hydrogens is 212 g/mol. The largest absolute Gasteiger partial charge is 0.380 e. The Hall–Kier alpha value is -0.800. The van der Waals surface area contributed by atoms with E-state index >= 15 is 0 Å². The highest BCUT2D eigenvalue weighted by Gasteiger charge is 2.06. The van der Waals surface area contributed by atoms with Crippen LogP contribution < -0.4 is 4.90 Å². The minimum absolute atomic E-state index is 0.488. The summed E-state index contributed by atoms with van der Waals surface area (Å²) in [5.41, 5.74) is 1.05. The van der Waals surface area contributed by atoms with Crippen LogP contribution in [-0.4, -0.2) is 31.8 Å². The molecule has 0 unspecified atom stereocenters. The third-order valence-corrected chi connectivity index (χ3v) is 2.44. The summed E-state index contributed by atoms with van der Waals surface area (Å²) in [6.45, 7) is 4.28. The van der Waals surface area contributed by atoms with Gasteiger partial charge >= 0.3 is 0 Å². The van der Waals surface area contributed by atoms with E-state index in [9.17, 15) is 0 Å². The summed E-state index contributed by atoms with van der Waals surface area (Å²) < 4.78 is 5.30. The molecule has 1 heterocycles. The first-order valence-corrected chi connectivity index (χ1v) is 5.61. The molecule has 0 bridgehead atoms. The minimum Gasteiger partial charge on any atom is -0.380 e. The summed E-state index contributed by atoms with van der Waals surface area (Å²) in [5, 5.41) is 0. The molecule has 1 aromatic rings. The SMILES string of the molecule is CCOCCN(C)c1ncccc1CCl. The third-order valence-electron chi connectivity index (χ3n) is 2.15. The van der Waals surface area contributed by atoms with Crippen LogP contribution in [-0.2, 0) is 10.6 Å². The monoisotopic (exact) mass is 228 g/mol. The fraction of sp³-hybridized carbons (Fsp3) is 0.545. The molecule has 0 aliphatic rings. The Morgan fingerprint density at radius 1 is 1.53 bits per heavy atom. The van der Waals surface area contributed by atoms with Gasteiger partial charge in [-0.15, -0.1) is 11.6 Å². The molecule has 3 nitrogen and oxygen atoms in total. The number of anilines is 1. The summed E-state index contributed by atoms with van der Waals surface area (Å²) in [7, 11) is 2.00. The van der Waals surface area contributed by atoms with Crippen molar-refractivity contribution in [2.75, 3.05) is 31.7 Å². The minimum atomic E-state index is 0.488. The van der Waals surface area contributed by atoms with Crippen LogP contribution in [0.5, 0.6) is 0 Å². The standard InChI is InChI=1S/C11H17ClN2O/c1-3-15-8-7-14(2)11-10(9-12)5-4-6-13-11/h4-6H,3,7-9H2,1-2H3. The molecule has 0 aliphatic carbocycles. The Morgan fingerprint density at radius 2 is 2.33 bits per heavy atom. The Balaban J connectivity index is 2.59. The zero-order chi connectivity index (χ0) is 11.1. The predicted octanol–water partition coefficient (Wildman–Crippen LogP) is 2.29. The smallest absolute Gasteiger partial charge is 0.132 e. The fourth-order valence-electron chi connectivity index (χ4n) is 1.33. The maximum Gasteiger partial charge on any atom is 0.132 e. The van der Waals surface area contributed by atoms with Crippen molar-refractivity contribution in [2.45, 2.75) is 12.8 Å². The number of aromatic nitrogens is 1. The quantitative estimate of drug-likeness (QED) is 0.552. The number of nitrogens with zero attached hydrogens (tertiary/aromatic N) is 2. The molecule has 0 amide bonds. The maximum atomic E-state index is 5.84. The molecule has 15 heavy (non-hydrogen) atoms. The van der Waals surface area contributed by atoms with Crippen molar-refractivity contribution in [3.8, 4) is 0 Å². The van der Waals surface area contributed by atoms with E-state index in [1.54, 1.807) is 6.20 Å². The van der Waals surface area contributed by atoms with Gasteiger partial charge in [-0.05, 0) is 13.0 Å². The second-order valence-electron chi connectivity index (χ2n) is 3.24. The summed E-state index contributed by atoms with van der Waals surface area (Å²) in [4.78, 5) is 6.38. The van der Waals surface area contributed by atoms with Crippen molar-refractivity contribution < 1.29 is 4.74 Å². The number of pyridine rings is 1. The molecule has 0 saturated carbocycles. The van der Waals surface area contributed by atoms with E-state index in [1.807, 2.05) is 26.1 Å². The van der Waals surface area contributed by atoms with Crippen LogP contribution in [0, 0.1) is 0 Å². The summed E-state index contributed by atoms with van der Waals surface area (Å²) in [5.74, 6) is 1.43. The lowest BCUT2D eigenvalue weighted by atomic mass is 10.3. The molecule has 0 saturated heterocycles. The molecule has 0 fully saturated rings. The number of alkyl halides is 1. The normalized spacial score (nSPS) is 10.3. The zero-order valence-electron chi connectivity index (χ0n) is 9.24. The van der Waals surface area contributed by atoms with Crippen LogP contribution in [0.4, 0.5) is 5.82 Å². The first-order valence-electron chi connectivity index (χ1n) is 5.08. The van der Waals surface area contributed by atoms with Gasteiger partial charge in [-0.1, -0.05) is 6.07 Å². The summed E-state index contributed by atoms with van der Waals surface area (Å²) in [6.07, 6.45) is 1.78. The van der Waals surface area contributed by atoms with Crippen molar-refractivity contribution in [2.24, 2.45) is 0 Å². The van der Waals surface area contributed by atoms with Gasteiger partial charge in [-0.2, -0.15) is 0 Å². The van der Waals surface area contributed by atoms with Gasteiger partial charge in [0.05, 0.1) is 12.5 Å².